The molecule has 0 amide bonds. The van der Waals surface area contributed by atoms with Gasteiger partial charge in [-0.2, -0.15) is 11.8 Å². The SMILES string of the molecule is CCCC1CN(CCSC)CCCN1. The van der Waals surface area contributed by atoms with E-state index in [1.165, 1.54) is 51.2 Å². The van der Waals surface area contributed by atoms with Crippen LogP contribution in [0, 0.1) is 0 Å². The van der Waals surface area contributed by atoms with Crippen LogP contribution in [0.3, 0.4) is 0 Å². The second-order valence-electron chi connectivity index (χ2n) is 4.09. The van der Waals surface area contributed by atoms with Crippen LogP contribution in [0.4, 0.5) is 0 Å². The van der Waals surface area contributed by atoms with Crippen LogP contribution in [0.2, 0.25) is 0 Å². The second-order valence-corrected chi connectivity index (χ2v) is 5.07. The molecule has 0 bridgehead atoms. The smallest absolute Gasteiger partial charge is 0.0194 e. The van der Waals surface area contributed by atoms with Crippen LogP contribution in [-0.2, 0) is 0 Å². The summed E-state index contributed by atoms with van der Waals surface area (Å²) in [4.78, 5) is 2.62. The van der Waals surface area contributed by atoms with Crippen molar-refractivity contribution in [2.75, 3.05) is 38.2 Å². The molecule has 1 aliphatic heterocycles. The molecule has 0 spiro atoms. The van der Waals surface area contributed by atoms with E-state index < -0.39 is 0 Å². The zero-order valence-electron chi connectivity index (χ0n) is 9.59. The molecule has 1 aliphatic rings. The van der Waals surface area contributed by atoms with E-state index in [1.54, 1.807) is 0 Å². The summed E-state index contributed by atoms with van der Waals surface area (Å²) in [5.74, 6) is 1.28. The molecule has 84 valence electrons. The third kappa shape index (κ3) is 4.67. The van der Waals surface area contributed by atoms with Gasteiger partial charge in [0.1, 0.15) is 0 Å². The first-order chi connectivity index (χ1) is 6.86. The van der Waals surface area contributed by atoms with Crippen molar-refractivity contribution in [3.63, 3.8) is 0 Å². The highest BCUT2D eigenvalue weighted by molar-refractivity contribution is 7.98. The van der Waals surface area contributed by atoms with Crippen molar-refractivity contribution >= 4 is 11.8 Å². The molecule has 0 aromatic rings. The van der Waals surface area contributed by atoms with Crippen LogP contribution in [-0.4, -0.2) is 49.1 Å². The van der Waals surface area contributed by atoms with E-state index in [1.807, 2.05) is 11.8 Å². The molecule has 0 aromatic heterocycles. The first kappa shape index (κ1) is 12.3. The number of hydrogen-bond donors (Lipinski definition) is 1. The van der Waals surface area contributed by atoms with Gasteiger partial charge in [-0.1, -0.05) is 13.3 Å². The Morgan fingerprint density at radius 2 is 2.36 bits per heavy atom. The molecular weight excluding hydrogens is 192 g/mol. The van der Waals surface area contributed by atoms with Crippen molar-refractivity contribution < 1.29 is 0 Å². The van der Waals surface area contributed by atoms with Gasteiger partial charge < -0.3 is 10.2 Å². The molecule has 1 N–H and O–H groups in total. The quantitative estimate of drug-likeness (QED) is 0.754. The number of hydrogen-bond acceptors (Lipinski definition) is 3. The maximum Gasteiger partial charge on any atom is 0.0194 e. The Morgan fingerprint density at radius 3 is 3.07 bits per heavy atom. The molecule has 1 rings (SSSR count). The van der Waals surface area contributed by atoms with Gasteiger partial charge in [0, 0.05) is 24.9 Å². The molecule has 0 aliphatic carbocycles. The molecule has 2 nitrogen and oxygen atoms in total. The van der Waals surface area contributed by atoms with E-state index in [0.29, 0.717) is 0 Å². The highest BCUT2D eigenvalue weighted by atomic mass is 32.2. The summed E-state index contributed by atoms with van der Waals surface area (Å²) in [6.07, 6.45) is 6.14. The molecule has 1 fully saturated rings. The lowest BCUT2D eigenvalue weighted by molar-refractivity contribution is 0.278. The van der Waals surface area contributed by atoms with Crippen molar-refractivity contribution in [3.8, 4) is 0 Å². The average molecular weight is 216 g/mol. The summed E-state index contributed by atoms with van der Waals surface area (Å²) in [5, 5.41) is 3.64. The minimum atomic E-state index is 0.740. The Bertz CT molecular complexity index is 141. The second kappa shape index (κ2) is 7.55. The topological polar surface area (TPSA) is 15.3 Å². The molecule has 1 saturated heterocycles. The van der Waals surface area contributed by atoms with E-state index >= 15 is 0 Å². The summed E-state index contributed by atoms with van der Waals surface area (Å²) in [5.41, 5.74) is 0. The fourth-order valence-electron chi connectivity index (χ4n) is 2.04. The van der Waals surface area contributed by atoms with Crippen molar-refractivity contribution in [1.82, 2.24) is 10.2 Å². The molecule has 0 aromatic carbocycles. The zero-order valence-corrected chi connectivity index (χ0v) is 10.4. The molecule has 1 heterocycles. The lowest BCUT2D eigenvalue weighted by atomic mass is 10.1. The fourth-order valence-corrected chi connectivity index (χ4v) is 2.48. The molecule has 14 heavy (non-hydrogen) atoms. The molecular formula is C11H24N2S. The summed E-state index contributed by atoms with van der Waals surface area (Å²) in [7, 11) is 0. The Hall–Kier alpha value is 0.270. The Labute approximate surface area is 92.8 Å². The summed E-state index contributed by atoms with van der Waals surface area (Å²) in [6.45, 7) is 7.30. The van der Waals surface area contributed by atoms with Gasteiger partial charge in [-0.05, 0) is 32.2 Å². The van der Waals surface area contributed by atoms with Crippen LogP contribution < -0.4 is 5.32 Å². The third-order valence-corrected chi connectivity index (χ3v) is 3.40. The monoisotopic (exact) mass is 216 g/mol. The summed E-state index contributed by atoms with van der Waals surface area (Å²) in [6, 6.07) is 0.740. The van der Waals surface area contributed by atoms with Gasteiger partial charge in [0.25, 0.3) is 0 Å². The number of rotatable bonds is 5. The predicted octanol–water partition coefficient (Wildman–Crippen LogP) is 1.81. The van der Waals surface area contributed by atoms with Crippen LogP contribution in [0.1, 0.15) is 26.2 Å². The molecule has 3 heteroatoms. The number of thioether (sulfide) groups is 1. The van der Waals surface area contributed by atoms with Crippen LogP contribution in [0.25, 0.3) is 0 Å². The van der Waals surface area contributed by atoms with Gasteiger partial charge >= 0.3 is 0 Å². The van der Waals surface area contributed by atoms with Gasteiger partial charge in [-0.15, -0.1) is 0 Å². The van der Waals surface area contributed by atoms with E-state index in [2.05, 4.69) is 23.4 Å². The van der Waals surface area contributed by atoms with Gasteiger partial charge in [-0.25, -0.2) is 0 Å². The minimum absolute atomic E-state index is 0.740. The Kier molecular flexibility index (Phi) is 6.65. The van der Waals surface area contributed by atoms with E-state index in [4.69, 9.17) is 0 Å². The number of nitrogens with one attached hydrogen (secondary N) is 1. The fraction of sp³-hybridized carbons (Fsp3) is 1.00. The van der Waals surface area contributed by atoms with E-state index in [9.17, 15) is 0 Å². The van der Waals surface area contributed by atoms with Crippen molar-refractivity contribution in [2.45, 2.75) is 32.2 Å². The average Bonchev–Trinajstić information content (AvgIpc) is 2.41. The Balaban J connectivity index is 2.27. The molecule has 0 radical (unpaired) electrons. The van der Waals surface area contributed by atoms with Crippen LogP contribution in [0.5, 0.6) is 0 Å². The first-order valence-electron chi connectivity index (χ1n) is 5.81. The molecule has 0 saturated carbocycles. The lowest BCUT2D eigenvalue weighted by Crippen LogP contribution is -2.38. The first-order valence-corrected chi connectivity index (χ1v) is 7.21. The standard InChI is InChI=1S/C11H24N2S/c1-3-5-11-10-13(8-9-14-2)7-4-6-12-11/h11-12H,3-10H2,1-2H3. The Morgan fingerprint density at radius 1 is 1.50 bits per heavy atom. The lowest BCUT2D eigenvalue weighted by Gasteiger charge is -2.23. The van der Waals surface area contributed by atoms with Crippen molar-refractivity contribution in [2.24, 2.45) is 0 Å². The van der Waals surface area contributed by atoms with Gasteiger partial charge in [0.15, 0.2) is 0 Å². The van der Waals surface area contributed by atoms with E-state index in [-0.39, 0.29) is 0 Å². The van der Waals surface area contributed by atoms with Crippen molar-refractivity contribution in [3.05, 3.63) is 0 Å². The zero-order chi connectivity index (χ0) is 10.2. The summed E-state index contributed by atoms with van der Waals surface area (Å²) >= 11 is 1.95. The summed E-state index contributed by atoms with van der Waals surface area (Å²) < 4.78 is 0. The maximum absolute atomic E-state index is 3.64. The molecule has 1 unspecified atom stereocenters. The van der Waals surface area contributed by atoms with Crippen LogP contribution >= 0.6 is 11.8 Å². The van der Waals surface area contributed by atoms with E-state index in [0.717, 1.165) is 6.04 Å². The van der Waals surface area contributed by atoms with Gasteiger partial charge in [-0.3, -0.25) is 0 Å². The third-order valence-electron chi connectivity index (χ3n) is 2.81. The molecule has 1 atom stereocenters. The normalized spacial score (nSPS) is 24.9. The van der Waals surface area contributed by atoms with Crippen LogP contribution in [0.15, 0.2) is 0 Å². The van der Waals surface area contributed by atoms with Gasteiger partial charge in [0.05, 0.1) is 0 Å². The van der Waals surface area contributed by atoms with Crippen molar-refractivity contribution in [1.29, 1.82) is 0 Å². The minimum Gasteiger partial charge on any atom is -0.313 e. The van der Waals surface area contributed by atoms with Gasteiger partial charge in [0.2, 0.25) is 0 Å². The highest BCUT2D eigenvalue weighted by Crippen LogP contribution is 2.06. The highest BCUT2D eigenvalue weighted by Gasteiger charge is 2.15. The number of nitrogens with zero attached hydrogens (tertiary/aromatic N) is 1. The predicted molar refractivity (Wildman–Crippen MR) is 66.1 cm³/mol. The largest absolute Gasteiger partial charge is 0.313 e. The maximum atomic E-state index is 3.64.